The molecule has 2 aromatic rings. The molecule has 3 atom stereocenters. The van der Waals surface area contributed by atoms with Gasteiger partial charge in [0.15, 0.2) is 0 Å². The minimum absolute atomic E-state index is 0.0310. The van der Waals surface area contributed by atoms with E-state index in [0.29, 0.717) is 12.8 Å². The van der Waals surface area contributed by atoms with Gasteiger partial charge < -0.3 is 9.72 Å². The highest BCUT2D eigenvalue weighted by Crippen LogP contribution is 2.64. The molecular formula is C23H30N2O5S. The quantitative estimate of drug-likeness (QED) is 0.607. The normalized spacial score (nSPS) is 25.8. The summed E-state index contributed by atoms with van der Waals surface area (Å²) in [6, 6.07) is 6.59. The zero-order chi connectivity index (χ0) is 22.4. The number of benzene rings is 1. The number of carbonyl (C=O) groups excluding carboxylic acids is 2. The minimum atomic E-state index is -3.91. The van der Waals surface area contributed by atoms with Crippen LogP contribution >= 0.6 is 0 Å². The molecule has 2 bridgehead atoms. The molecule has 0 spiro atoms. The number of rotatable bonds is 8. The van der Waals surface area contributed by atoms with E-state index in [9.17, 15) is 18.0 Å². The third-order valence-corrected chi connectivity index (χ3v) is 9.08. The van der Waals surface area contributed by atoms with Crippen LogP contribution < -0.4 is 4.72 Å². The smallest absolute Gasteiger partial charge is 0.324 e. The largest absolute Gasteiger partial charge is 0.465 e. The van der Waals surface area contributed by atoms with Crippen molar-refractivity contribution in [3.05, 3.63) is 36.0 Å². The molecule has 168 valence electrons. The van der Waals surface area contributed by atoms with Crippen molar-refractivity contribution in [1.29, 1.82) is 0 Å². The number of ketones is 1. The molecule has 2 saturated carbocycles. The number of hydrogen-bond acceptors (Lipinski definition) is 5. The first-order valence-corrected chi connectivity index (χ1v) is 12.5. The molecule has 1 heterocycles. The molecule has 0 amide bonds. The average molecular weight is 447 g/mol. The van der Waals surface area contributed by atoms with Gasteiger partial charge in [0, 0.05) is 35.4 Å². The number of carbonyl (C=O) groups is 2. The van der Waals surface area contributed by atoms with Gasteiger partial charge in [0.2, 0.25) is 10.0 Å². The molecule has 8 heteroatoms. The van der Waals surface area contributed by atoms with Gasteiger partial charge in [-0.25, -0.2) is 13.1 Å². The number of fused-ring (bicyclic) bond motifs is 3. The summed E-state index contributed by atoms with van der Waals surface area (Å²) in [4.78, 5) is 28.6. The average Bonchev–Trinajstić information content (AvgIpc) is 3.27. The predicted molar refractivity (Wildman–Crippen MR) is 118 cm³/mol. The number of aromatic nitrogens is 1. The second-order valence-electron chi connectivity index (χ2n) is 9.41. The van der Waals surface area contributed by atoms with Crippen molar-refractivity contribution in [2.75, 3.05) is 12.4 Å². The van der Waals surface area contributed by atoms with E-state index in [2.05, 4.69) is 9.71 Å². The van der Waals surface area contributed by atoms with Gasteiger partial charge in [0.25, 0.3) is 0 Å². The van der Waals surface area contributed by atoms with Crippen molar-refractivity contribution in [2.24, 2.45) is 16.7 Å². The highest BCUT2D eigenvalue weighted by Gasteiger charge is 2.65. The van der Waals surface area contributed by atoms with Crippen LogP contribution in [-0.2, 0) is 30.8 Å². The molecule has 1 aromatic carbocycles. The van der Waals surface area contributed by atoms with Gasteiger partial charge in [0.1, 0.15) is 11.8 Å². The minimum Gasteiger partial charge on any atom is -0.465 e. The molecule has 2 aliphatic rings. The maximum Gasteiger partial charge on any atom is 0.324 e. The van der Waals surface area contributed by atoms with Crippen molar-refractivity contribution in [1.82, 2.24) is 9.71 Å². The van der Waals surface area contributed by atoms with Crippen LogP contribution in [0.15, 0.2) is 30.5 Å². The monoisotopic (exact) mass is 446 g/mol. The molecule has 0 unspecified atom stereocenters. The predicted octanol–water partition coefficient (Wildman–Crippen LogP) is 2.96. The van der Waals surface area contributed by atoms with Crippen molar-refractivity contribution in [3.8, 4) is 0 Å². The summed E-state index contributed by atoms with van der Waals surface area (Å²) < 4.78 is 34.2. The molecule has 1 aromatic heterocycles. The molecule has 7 nitrogen and oxygen atoms in total. The van der Waals surface area contributed by atoms with Gasteiger partial charge in [-0.2, -0.15) is 0 Å². The lowest BCUT2D eigenvalue weighted by Crippen LogP contribution is -2.50. The number of para-hydroxylation sites is 1. The van der Waals surface area contributed by atoms with E-state index in [1.807, 2.05) is 38.1 Å². The van der Waals surface area contributed by atoms with E-state index in [1.54, 1.807) is 13.1 Å². The summed E-state index contributed by atoms with van der Waals surface area (Å²) in [5, 5.41) is 0.931. The van der Waals surface area contributed by atoms with Gasteiger partial charge in [-0.05, 0) is 42.7 Å². The van der Waals surface area contributed by atoms with E-state index in [-0.39, 0.29) is 35.9 Å². The first-order valence-electron chi connectivity index (χ1n) is 10.8. The second-order valence-corrected chi connectivity index (χ2v) is 11.2. The molecule has 0 aliphatic heterocycles. The van der Waals surface area contributed by atoms with Crippen molar-refractivity contribution in [3.63, 3.8) is 0 Å². The number of Topliss-reactive ketones (excluding diaryl/α,β-unsaturated/α-hetero) is 1. The van der Waals surface area contributed by atoms with E-state index in [1.165, 1.54) is 0 Å². The summed E-state index contributed by atoms with van der Waals surface area (Å²) in [5.74, 6) is -0.646. The van der Waals surface area contributed by atoms with E-state index >= 15 is 0 Å². The standard InChI is InChI=1S/C23H30N2O5S/c1-4-30-21(27)19(11-15-13-24-18-8-6-5-7-17(15)18)25-31(28,29)14-23-10-9-16(12-20(23)26)22(23,2)3/h5-8,13,16,19,24-25H,4,9-12,14H2,1-3H3/t16-,19+,23-/m0/s1. The van der Waals surface area contributed by atoms with Gasteiger partial charge in [-0.3, -0.25) is 9.59 Å². The fourth-order valence-electron chi connectivity index (χ4n) is 5.63. The number of H-pyrrole nitrogens is 1. The number of aromatic amines is 1. The summed E-state index contributed by atoms with van der Waals surface area (Å²) in [5.41, 5.74) is 0.489. The van der Waals surface area contributed by atoms with Gasteiger partial charge in [-0.1, -0.05) is 32.0 Å². The molecular weight excluding hydrogens is 416 g/mol. The Kier molecular flexibility index (Phi) is 5.50. The van der Waals surface area contributed by atoms with Crippen LogP contribution in [0, 0.1) is 16.7 Å². The van der Waals surface area contributed by atoms with Gasteiger partial charge in [-0.15, -0.1) is 0 Å². The van der Waals surface area contributed by atoms with E-state index < -0.39 is 27.4 Å². The molecule has 2 N–H and O–H groups in total. The van der Waals surface area contributed by atoms with Crippen LogP contribution in [0.5, 0.6) is 0 Å². The number of hydrogen-bond donors (Lipinski definition) is 2. The lowest BCUT2D eigenvalue weighted by Gasteiger charge is -2.36. The first kappa shape index (κ1) is 22.0. The number of esters is 1. The highest BCUT2D eigenvalue weighted by atomic mass is 32.2. The second kappa shape index (κ2) is 7.74. The summed E-state index contributed by atoms with van der Waals surface area (Å²) in [6.45, 7) is 5.84. The Hall–Kier alpha value is -2.19. The Balaban J connectivity index is 1.59. The fraction of sp³-hybridized carbons (Fsp3) is 0.565. The molecule has 0 radical (unpaired) electrons. The van der Waals surface area contributed by atoms with E-state index in [4.69, 9.17) is 4.74 Å². The third kappa shape index (κ3) is 3.69. The summed E-state index contributed by atoms with van der Waals surface area (Å²) in [6.07, 6.45) is 3.84. The third-order valence-electron chi connectivity index (χ3n) is 7.57. The maximum atomic E-state index is 13.2. The molecule has 4 rings (SSSR count). The fourth-order valence-corrected chi connectivity index (χ4v) is 7.65. The number of ether oxygens (including phenoxy) is 1. The zero-order valence-electron chi connectivity index (χ0n) is 18.2. The SMILES string of the molecule is CCOC(=O)[C@@H](Cc1c[nH]c2ccccc12)NS(=O)(=O)C[C@@]12CC[C@@H](CC1=O)C2(C)C. The molecule has 0 saturated heterocycles. The molecule has 2 fully saturated rings. The topological polar surface area (TPSA) is 105 Å². The summed E-state index contributed by atoms with van der Waals surface area (Å²) in [7, 11) is -3.91. The Bertz CT molecular complexity index is 1120. The maximum absolute atomic E-state index is 13.2. The van der Waals surface area contributed by atoms with Crippen molar-refractivity contribution < 1.29 is 22.7 Å². The Morgan fingerprint density at radius 1 is 1.32 bits per heavy atom. The van der Waals surface area contributed by atoms with Crippen LogP contribution in [-0.4, -0.2) is 43.6 Å². The van der Waals surface area contributed by atoms with Crippen LogP contribution in [0.1, 0.15) is 45.6 Å². The Morgan fingerprint density at radius 2 is 2.06 bits per heavy atom. The Morgan fingerprint density at radius 3 is 2.71 bits per heavy atom. The van der Waals surface area contributed by atoms with Crippen molar-refractivity contribution >= 4 is 32.7 Å². The zero-order valence-corrected chi connectivity index (χ0v) is 19.1. The summed E-state index contributed by atoms with van der Waals surface area (Å²) >= 11 is 0. The number of sulfonamides is 1. The van der Waals surface area contributed by atoms with E-state index in [0.717, 1.165) is 22.9 Å². The lowest BCUT2D eigenvalue weighted by molar-refractivity contribution is -0.145. The van der Waals surface area contributed by atoms with Crippen LogP contribution in [0.25, 0.3) is 10.9 Å². The van der Waals surface area contributed by atoms with Crippen LogP contribution in [0.2, 0.25) is 0 Å². The Labute approximate surface area is 183 Å². The van der Waals surface area contributed by atoms with Gasteiger partial charge >= 0.3 is 5.97 Å². The molecule has 2 aliphatic carbocycles. The molecule has 31 heavy (non-hydrogen) atoms. The lowest BCUT2D eigenvalue weighted by atomic mass is 9.70. The van der Waals surface area contributed by atoms with Crippen LogP contribution in [0.4, 0.5) is 0 Å². The van der Waals surface area contributed by atoms with Crippen LogP contribution in [0.3, 0.4) is 0 Å². The number of nitrogens with one attached hydrogen (secondary N) is 2. The van der Waals surface area contributed by atoms with Gasteiger partial charge in [0.05, 0.1) is 12.4 Å². The first-order chi connectivity index (χ1) is 14.6. The van der Waals surface area contributed by atoms with Crippen molar-refractivity contribution in [2.45, 2.75) is 52.5 Å². The highest BCUT2D eigenvalue weighted by molar-refractivity contribution is 7.89.